The highest BCUT2D eigenvalue weighted by atomic mass is 15.1. The van der Waals surface area contributed by atoms with Gasteiger partial charge in [0.2, 0.25) is 0 Å². The van der Waals surface area contributed by atoms with Gasteiger partial charge in [-0.1, -0.05) is 0 Å². The summed E-state index contributed by atoms with van der Waals surface area (Å²) in [5.74, 6) is 3.31. The Labute approximate surface area is 90.9 Å². The topological polar surface area (TPSA) is 29.9 Å². The molecule has 1 aliphatic heterocycles. The van der Waals surface area contributed by atoms with Crippen molar-refractivity contribution in [2.75, 3.05) is 13.1 Å². The molecule has 1 aromatic rings. The first-order valence-electron chi connectivity index (χ1n) is 5.56. The fourth-order valence-electron chi connectivity index (χ4n) is 2.12. The van der Waals surface area contributed by atoms with Gasteiger partial charge in [-0.25, -0.2) is 4.98 Å². The molecule has 15 heavy (non-hydrogen) atoms. The number of aromatic nitrogens is 2. The highest BCUT2D eigenvalue weighted by Crippen LogP contribution is 2.21. The van der Waals surface area contributed by atoms with Crippen molar-refractivity contribution in [1.82, 2.24) is 14.9 Å². The Hall–Kier alpha value is -1.27. The third-order valence-electron chi connectivity index (χ3n) is 2.94. The van der Waals surface area contributed by atoms with Crippen molar-refractivity contribution < 1.29 is 0 Å². The van der Waals surface area contributed by atoms with E-state index in [1.54, 1.807) is 0 Å². The number of rotatable bonds is 4. The molecule has 0 saturated carbocycles. The summed E-state index contributed by atoms with van der Waals surface area (Å²) in [7, 11) is 0. The van der Waals surface area contributed by atoms with E-state index in [0.29, 0.717) is 5.92 Å². The second-order valence-electron chi connectivity index (χ2n) is 4.01. The van der Waals surface area contributed by atoms with Crippen LogP contribution in [0.2, 0.25) is 0 Å². The van der Waals surface area contributed by atoms with E-state index in [9.17, 15) is 0 Å². The van der Waals surface area contributed by atoms with Gasteiger partial charge < -0.3 is 9.88 Å². The maximum atomic E-state index is 5.24. The molecule has 3 nitrogen and oxygen atoms in total. The predicted octanol–water partition coefficient (Wildman–Crippen LogP) is 1.37. The molecule has 0 spiro atoms. The van der Waals surface area contributed by atoms with Gasteiger partial charge in [-0.05, 0) is 19.4 Å². The van der Waals surface area contributed by atoms with Crippen molar-refractivity contribution >= 4 is 0 Å². The molecule has 2 rings (SSSR count). The lowest BCUT2D eigenvalue weighted by molar-refractivity contribution is 0.592. The van der Waals surface area contributed by atoms with Crippen molar-refractivity contribution in [2.45, 2.75) is 31.7 Å². The van der Waals surface area contributed by atoms with Crippen LogP contribution in [0.15, 0.2) is 12.5 Å². The summed E-state index contributed by atoms with van der Waals surface area (Å²) in [6.45, 7) is 3.21. The van der Waals surface area contributed by atoms with E-state index in [1.807, 2.05) is 12.5 Å². The lowest BCUT2D eigenvalue weighted by Gasteiger charge is -2.11. The summed E-state index contributed by atoms with van der Waals surface area (Å²) in [6.07, 6.45) is 12.3. The first-order valence-corrected chi connectivity index (χ1v) is 5.56. The number of aryl methyl sites for hydroxylation is 1. The molecular weight excluding hydrogens is 186 g/mol. The van der Waals surface area contributed by atoms with E-state index in [0.717, 1.165) is 32.5 Å². The average Bonchev–Trinajstić information content (AvgIpc) is 2.87. The van der Waals surface area contributed by atoms with Crippen LogP contribution in [0.4, 0.5) is 0 Å². The summed E-state index contributed by atoms with van der Waals surface area (Å²) in [5, 5.41) is 3.38. The summed E-state index contributed by atoms with van der Waals surface area (Å²) < 4.78 is 2.25. The number of nitrogens with one attached hydrogen (secondary N) is 1. The summed E-state index contributed by atoms with van der Waals surface area (Å²) in [5.41, 5.74) is 1.36. The van der Waals surface area contributed by atoms with Crippen molar-refractivity contribution in [3.05, 3.63) is 18.2 Å². The van der Waals surface area contributed by atoms with Gasteiger partial charge in [-0.3, -0.25) is 0 Å². The van der Waals surface area contributed by atoms with Crippen LogP contribution in [0.25, 0.3) is 0 Å². The van der Waals surface area contributed by atoms with E-state index < -0.39 is 0 Å². The third kappa shape index (κ3) is 2.40. The van der Waals surface area contributed by atoms with Crippen LogP contribution in [0.5, 0.6) is 0 Å². The molecule has 0 radical (unpaired) electrons. The number of unbranched alkanes of at least 4 members (excludes halogenated alkanes) is 1. The second-order valence-corrected chi connectivity index (χ2v) is 4.01. The Bertz CT molecular complexity index is 342. The van der Waals surface area contributed by atoms with E-state index >= 15 is 0 Å². The normalized spacial score (nSPS) is 20.3. The maximum Gasteiger partial charge on any atom is 0.0948 e. The molecule has 1 fully saturated rings. The van der Waals surface area contributed by atoms with Gasteiger partial charge in [0.1, 0.15) is 0 Å². The zero-order chi connectivity index (χ0) is 10.5. The van der Waals surface area contributed by atoms with Crippen molar-refractivity contribution in [3.8, 4) is 12.3 Å². The largest absolute Gasteiger partial charge is 0.334 e. The number of nitrogens with zero attached hydrogens (tertiary/aromatic N) is 2. The van der Waals surface area contributed by atoms with E-state index in [1.165, 1.54) is 12.1 Å². The monoisotopic (exact) mass is 203 g/mol. The van der Waals surface area contributed by atoms with Gasteiger partial charge in [0.25, 0.3) is 0 Å². The molecule has 1 aromatic heterocycles. The highest BCUT2D eigenvalue weighted by Gasteiger charge is 2.19. The second kappa shape index (κ2) is 4.99. The van der Waals surface area contributed by atoms with Crippen molar-refractivity contribution in [1.29, 1.82) is 0 Å². The van der Waals surface area contributed by atoms with E-state index in [-0.39, 0.29) is 0 Å². The van der Waals surface area contributed by atoms with Crippen LogP contribution in [-0.2, 0) is 6.54 Å². The summed E-state index contributed by atoms with van der Waals surface area (Å²) >= 11 is 0. The molecule has 1 aliphatic rings. The predicted molar refractivity (Wildman–Crippen MR) is 60.5 cm³/mol. The van der Waals surface area contributed by atoms with Gasteiger partial charge in [0.05, 0.1) is 6.33 Å². The minimum atomic E-state index is 0.637. The summed E-state index contributed by atoms with van der Waals surface area (Å²) in [4.78, 5) is 4.23. The first-order chi connectivity index (χ1) is 7.42. The molecule has 1 saturated heterocycles. The lowest BCUT2D eigenvalue weighted by Crippen LogP contribution is -2.11. The molecule has 2 heterocycles. The summed E-state index contributed by atoms with van der Waals surface area (Å²) in [6, 6.07) is 0. The van der Waals surface area contributed by atoms with Crippen LogP contribution in [0.3, 0.4) is 0 Å². The Morgan fingerprint density at radius 3 is 3.33 bits per heavy atom. The Morgan fingerprint density at radius 1 is 1.67 bits per heavy atom. The molecule has 80 valence electrons. The highest BCUT2D eigenvalue weighted by molar-refractivity contribution is 5.09. The van der Waals surface area contributed by atoms with Crippen LogP contribution in [-0.4, -0.2) is 22.6 Å². The third-order valence-corrected chi connectivity index (χ3v) is 2.94. The maximum absolute atomic E-state index is 5.24. The Morgan fingerprint density at radius 2 is 2.60 bits per heavy atom. The van der Waals surface area contributed by atoms with Gasteiger partial charge in [-0.2, -0.15) is 0 Å². The molecular formula is C12H17N3. The van der Waals surface area contributed by atoms with Crippen LogP contribution in [0.1, 0.15) is 30.9 Å². The Balaban J connectivity index is 1.98. The van der Waals surface area contributed by atoms with Gasteiger partial charge in [0.15, 0.2) is 0 Å². The fourth-order valence-corrected chi connectivity index (χ4v) is 2.12. The van der Waals surface area contributed by atoms with Crippen molar-refractivity contribution in [3.63, 3.8) is 0 Å². The minimum Gasteiger partial charge on any atom is -0.334 e. The number of terminal acetylenes is 1. The van der Waals surface area contributed by atoms with Gasteiger partial charge in [0, 0.05) is 37.3 Å². The SMILES string of the molecule is C#CCCCn1cncc1C1CCNC1. The quantitative estimate of drug-likeness (QED) is 0.591. The molecule has 0 bridgehead atoms. The zero-order valence-electron chi connectivity index (χ0n) is 8.95. The Kier molecular flexibility index (Phi) is 3.41. The molecule has 0 amide bonds. The van der Waals surface area contributed by atoms with Crippen molar-refractivity contribution in [2.24, 2.45) is 0 Å². The zero-order valence-corrected chi connectivity index (χ0v) is 8.95. The molecule has 1 unspecified atom stereocenters. The fraction of sp³-hybridized carbons (Fsp3) is 0.583. The average molecular weight is 203 g/mol. The lowest BCUT2D eigenvalue weighted by atomic mass is 10.1. The minimum absolute atomic E-state index is 0.637. The molecule has 0 aromatic carbocycles. The van der Waals surface area contributed by atoms with Gasteiger partial charge >= 0.3 is 0 Å². The standard InChI is InChI=1S/C12H17N3/c1-2-3-4-7-15-10-14-9-12(15)11-5-6-13-8-11/h1,9-11,13H,3-8H2. The molecule has 1 N–H and O–H groups in total. The van der Waals surface area contributed by atoms with Crippen LogP contribution >= 0.6 is 0 Å². The van der Waals surface area contributed by atoms with E-state index in [2.05, 4.69) is 20.8 Å². The molecule has 3 heteroatoms. The first kappa shape index (κ1) is 10.3. The number of hydrogen-bond acceptors (Lipinski definition) is 2. The molecule has 1 atom stereocenters. The van der Waals surface area contributed by atoms with Gasteiger partial charge in [-0.15, -0.1) is 12.3 Å². The number of imidazole rings is 1. The smallest absolute Gasteiger partial charge is 0.0948 e. The van der Waals surface area contributed by atoms with Crippen LogP contribution in [0, 0.1) is 12.3 Å². The van der Waals surface area contributed by atoms with E-state index in [4.69, 9.17) is 6.42 Å². The van der Waals surface area contributed by atoms with Crippen LogP contribution < -0.4 is 5.32 Å². The number of hydrogen-bond donors (Lipinski definition) is 1. The molecule has 0 aliphatic carbocycles.